The van der Waals surface area contributed by atoms with E-state index >= 15 is 0 Å². The number of carbonyl (C=O) groups excluding carboxylic acids is 1. The third kappa shape index (κ3) is 3.44. The lowest BCUT2D eigenvalue weighted by Crippen LogP contribution is -2.57. The zero-order valence-electron chi connectivity index (χ0n) is 14.9. The van der Waals surface area contributed by atoms with E-state index in [9.17, 15) is 14.3 Å². The van der Waals surface area contributed by atoms with E-state index < -0.39 is 11.4 Å². The fourth-order valence-corrected chi connectivity index (χ4v) is 4.04. The highest BCUT2D eigenvalue weighted by atomic mass is 35.5. The van der Waals surface area contributed by atoms with E-state index in [4.69, 9.17) is 11.6 Å². The number of benzene rings is 1. The third-order valence-corrected chi connectivity index (χ3v) is 5.17. The van der Waals surface area contributed by atoms with Gasteiger partial charge in [0.1, 0.15) is 11.4 Å². The quantitative estimate of drug-likeness (QED) is 0.905. The van der Waals surface area contributed by atoms with Crippen LogP contribution in [0.1, 0.15) is 25.0 Å². The molecule has 0 radical (unpaired) electrons. The van der Waals surface area contributed by atoms with Gasteiger partial charge in [-0.3, -0.25) is 4.79 Å². The number of amides is 1. The first kappa shape index (κ1) is 19.2. The first-order valence-electron chi connectivity index (χ1n) is 8.18. The van der Waals surface area contributed by atoms with Gasteiger partial charge in [-0.1, -0.05) is 25.4 Å². The molecule has 1 aliphatic rings. The molecule has 4 nitrogen and oxygen atoms in total. The summed E-state index contributed by atoms with van der Waals surface area (Å²) in [5, 5.41) is 11.7. The topological polar surface area (TPSA) is 43.8 Å². The lowest BCUT2D eigenvalue weighted by atomic mass is 9.69. The van der Waals surface area contributed by atoms with E-state index in [1.165, 1.54) is 6.07 Å². The van der Waals surface area contributed by atoms with Crippen LogP contribution in [0.5, 0.6) is 0 Å². The highest BCUT2D eigenvalue weighted by Gasteiger charge is 2.48. The maximum Gasteiger partial charge on any atom is 0.236 e. The van der Waals surface area contributed by atoms with Crippen LogP contribution in [0, 0.1) is 24.6 Å². The van der Waals surface area contributed by atoms with Gasteiger partial charge in [0.25, 0.3) is 0 Å². The molecule has 0 aliphatic carbocycles. The average molecular weight is 357 g/mol. The van der Waals surface area contributed by atoms with Crippen molar-refractivity contribution in [3.05, 3.63) is 34.1 Å². The van der Waals surface area contributed by atoms with Crippen molar-refractivity contribution in [2.24, 2.45) is 11.8 Å². The van der Waals surface area contributed by atoms with Gasteiger partial charge in [-0.2, -0.15) is 0 Å². The lowest BCUT2D eigenvalue weighted by molar-refractivity contribution is -0.150. The molecular weight excluding hydrogens is 331 g/mol. The Balaban J connectivity index is 2.34. The normalized spacial score (nSPS) is 27.6. The van der Waals surface area contributed by atoms with E-state index in [1.807, 2.05) is 32.8 Å². The number of carbonyl (C=O) groups is 1. The Labute approximate surface area is 148 Å². The zero-order chi connectivity index (χ0) is 18.2. The summed E-state index contributed by atoms with van der Waals surface area (Å²) in [4.78, 5) is 15.9. The number of aryl methyl sites for hydroxylation is 1. The van der Waals surface area contributed by atoms with Gasteiger partial charge >= 0.3 is 0 Å². The average Bonchev–Trinajstić information content (AvgIpc) is 2.42. The Hall–Kier alpha value is -1.17. The maximum absolute atomic E-state index is 14.6. The number of piperidine rings is 1. The Morgan fingerprint density at radius 1 is 1.38 bits per heavy atom. The van der Waals surface area contributed by atoms with Gasteiger partial charge in [0.15, 0.2) is 0 Å². The van der Waals surface area contributed by atoms with Crippen molar-refractivity contribution in [2.75, 3.05) is 33.7 Å². The number of nitrogens with zero attached hydrogens (tertiary/aromatic N) is 2. The Morgan fingerprint density at radius 2 is 1.92 bits per heavy atom. The number of likely N-dealkylation sites (tertiary alicyclic amines) is 1. The molecule has 2 rings (SSSR count). The molecule has 1 saturated heterocycles. The fraction of sp³-hybridized carbons (Fsp3) is 0.611. The van der Waals surface area contributed by atoms with Gasteiger partial charge in [0, 0.05) is 35.5 Å². The van der Waals surface area contributed by atoms with Crippen molar-refractivity contribution in [3.8, 4) is 0 Å². The van der Waals surface area contributed by atoms with Crippen LogP contribution in [-0.2, 0) is 10.4 Å². The summed E-state index contributed by atoms with van der Waals surface area (Å²) >= 11 is 5.91. The molecule has 1 aromatic rings. The van der Waals surface area contributed by atoms with Crippen molar-refractivity contribution >= 4 is 17.5 Å². The first-order valence-corrected chi connectivity index (χ1v) is 8.56. The molecule has 0 aromatic heterocycles. The summed E-state index contributed by atoms with van der Waals surface area (Å²) in [5.41, 5.74) is -0.394. The summed E-state index contributed by atoms with van der Waals surface area (Å²) < 4.78 is 14.6. The molecule has 6 heteroatoms. The van der Waals surface area contributed by atoms with Gasteiger partial charge in [0.2, 0.25) is 5.91 Å². The molecule has 0 spiro atoms. The zero-order valence-corrected chi connectivity index (χ0v) is 15.7. The van der Waals surface area contributed by atoms with Crippen LogP contribution >= 0.6 is 11.6 Å². The summed E-state index contributed by atoms with van der Waals surface area (Å²) in [7, 11) is 3.69. The van der Waals surface area contributed by atoms with Gasteiger partial charge in [-0.25, -0.2) is 4.39 Å². The van der Waals surface area contributed by atoms with Crippen LogP contribution in [0.15, 0.2) is 12.1 Å². The highest BCUT2D eigenvalue weighted by molar-refractivity contribution is 6.30. The van der Waals surface area contributed by atoms with Gasteiger partial charge < -0.3 is 14.9 Å². The molecule has 1 N–H and O–H groups in total. The number of likely N-dealkylation sites (N-methyl/N-ethyl adjacent to an activating group) is 1. The largest absolute Gasteiger partial charge is 0.384 e. The molecule has 24 heavy (non-hydrogen) atoms. The molecule has 1 amide bonds. The SMILES string of the molecule is Cc1cc(Cl)cc(F)c1C1(O)C(C)CN(C(=O)CN(C)C)CC1C. The second-order valence-electron chi connectivity index (χ2n) is 7.24. The second kappa shape index (κ2) is 6.98. The van der Waals surface area contributed by atoms with Crippen molar-refractivity contribution < 1.29 is 14.3 Å². The van der Waals surface area contributed by atoms with Crippen LogP contribution < -0.4 is 0 Å². The molecule has 134 valence electrons. The number of hydrogen-bond acceptors (Lipinski definition) is 3. The summed E-state index contributed by atoms with van der Waals surface area (Å²) in [6.45, 7) is 6.60. The van der Waals surface area contributed by atoms with Crippen LogP contribution in [-0.4, -0.2) is 54.5 Å². The van der Waals surface area contributed by atoms with Gasteiger partial charge in [-0.15, -0.1) is 0 Å². The summed E-state index contributed by atoms with van der Waals surface area (Å²) in [5.74, 6) is -1.05. The van der Waals surface area contributed by atoms with Crippen molar-refractivity contribution in [3.63, 3.8) is 0 Å². The number of hydrogen-bond donors (Lipinski definition) is 1. The minimum atomic E-state index is -1.33. The Morgan fingerprint density at radius 3 is 2.38 bits per heavy atom. The van der Waals surface area contributed by atoms with Crippen molar-refractivity contribution in [1.82, 2.24) is 9.80 Å². The van der Waals surface area contributed by atoms with Crippen LogP contribution in [0.3, 0.4) is 0 Å². The monoisotopic (exact) mass is 356 g/mol. The minimum absolute atomic E-state index is 0.0223. The summed E-state index contributed by atoms with van der Waals surface area (Å²) in [6.07, 6.45) is 0. The minimum Gasteiger partial charge on any atom is -0.384 e. The molecule has 2 atom stereocenters. The standard InChI is InChI=1S/C18H26ClFN2O2/c1-11-6-14(19)7-15(20)17(11)18(24)12(2)8-22(9-13(18)3)16(23)10-21(4)5/h6-7,12-13,24H,8-10H2,1-5H3. The molecule has 1 fully saturated rings. The van der Waals surface area contributed by atoms with Crippen LogP contribution in [0.4, 0.5) is 4.39 Å². The molecule has 2 unspecified atom stereocenters. The fourth-order valence-electron chi connectivity index (χ4n) is 3.78. The molecular formula is C18H26ClFN2O2. The van der Waals surface area contributed by atoms with Crippen molar-refractivity contribution in [2.45, 2.75) is 26.4 Å². The first-order chi connectivity index (χ1) is 11.1. The molecule has 1 aromatic carbocycles. The predicted molar refractivity (Wildman–Crippen MR) is 93.5 cm³/mol. The summed E-state index contributed by atoms with van der Waals surface area (Å²) in [6, 6.07) is 2.91. The number of halogens is 2. The molecule has 0 bridgehead atoms. The number of rotatable bonds is 3. The van der Waals surface area contributed by atoms with E-state index in [0.717, 1.165) is 0 Å². The Bertz CT molecular complexity index is 600. The number of aliphatic hydroxyl groups is 1. The van der Waals surface area contributed by atoms with Crippen molar-refractivity contribution in [1.29, 1.82) is 0 Å². The van der Waals surface area contributed by atoms with E-state index in [1.54, 1.807) is 17.9 Å². The van der Waals surface area contributed by atoms with E-state index in [2.05, 4.69) is 0 Å². The smallest absolute Gasteiger partial charge is 0.236 e. The lowest BCUT2D eigenvalue weighted by Gasteiger charge is -2.48. The third-order valence-electron chi connectivity index (χ3n) is 4.95. The van der Waals surface area contributed by atoms with E-state index in [-0.39, 0.29) is 17.7 Å². The predicted octanol–water partition coefficient (Wildman–Crippen LogP) is 2.65. The van der Waals surface area contributed by atoms with Gasteiger partial charge in [-0.05, 0) is 38.7 Å². The second-order valence-corrected chi connectivity index (χ2v) is 7.68. The molecule has 0 saturated carbocycles. The van der Waals surface area contributed by atoms with Crippen LogP contribution in [0.2, 0.25) is 5.02 Å². The van der Waals surface area contributed by atoms with Gasteiger partial charge in [0.05, 0.1) is 6.54 Å². The Kier molecular flexibility index (Phi) is 5.57. The molecule has 1 heterocycles. The maximum atomic E-state index is 14.6. The van der Waals surface area contributed by atoms with E-state index in [0.29, 0.717) is 35.8 Å². The molecule has 1 aliphatic heterocycles. The highest BCUT2D eigenvalue weighted by Crippen LogP contribution is 2.44. The van der Waals surface area contributed by atoms with Crippen LogP contribution in [0.25, 0.3) is 0 Å².